The average molecular weight is 584 g/mol. The van der Waals surface area contributed by atoms with Crippen molar-refractivity contribution in [1.82, 2.24) is 24.6 Å². The van der Waals surface area contributed by atoms with Crippen LogP contribution >= 0.6 is 8.46 Å². The van der Waals surface area contributed by atoms with Gasteiger partial charge in [0.1, 0.15) is 11.4 Å². The zero-order chi connectivity index (χ0) is 29.1. The molecule has 2 aromatic heterocycles. The number of nitrogens with one attached hydrogen (secondary N) is 2. The number of nitrogens with zero attached hydrogens (tertiary/aromatic N) is 5. The maximum atomic E-state index is 13.9. The zero-order valence-electron chi connectivity index (χ0n) is 21.8. The topological polar surface area (TPSA) is 125 Å². The van der Waals surface area contributed by atoms with Gasteiger partial charge in [-0.05, 0) is 41.3 Å². The van der Waals surface area contributed by atoms with E-state index in [-0.39, 0.29) is 44.7 Å². The minimum atomic E-state index is -4.76. The lowest BCUT2D eigenvalue weighted by Gasteiger charge is -2.17. The van der Waals surface area contributed by atoms with E-state index in [0.29, 0.717) is 36.6 Å². The standard InChI is InChI=1S/C27H25F3N7O3P/c1-36-14-20-19(17-11-32-37(13-17)9-2-10-38)7-8-22(23(20)25(36)39)34-24-21(27(28,29)30)12-31-26(35-24)33-18-5-3-16(4-6-18)15-41-40/h3-8,11-13,38H,2,9-10,14-15H2,1H3,(H2,31,33,34,35). The molecule has 0 spiro atoms. The summed E-state index contributed by atoms with van der Waals surface area (Å²) >= 11 is 0. The number of aromatic nitrogens is 4. The Labute approximate surface area is 234 Å². The molecule has 0 saturated heterocycles. The molecule has 0 saturated carbocycles. The minimum absolute atomic E-state index is 0.0214. The molecule has 41 heavy (non-hydrogen) atoms. The summed E-state index contributed by atoms with van der Waals surface area (Å²) in [5.74, 6) is -0.927. The summed E-state index contributed by atoms with van der Waals surface area (Å²) in [5, 5.41) is 19.0. The van der Waals surface area contributed by atoms with E-state index in [1.54, 1.807) is 60.5 Å². The SMILES string of the molecule is CN1Cc2c(-c3cnn(CCCO)c3)ccc(Nc3nc(Nc4ccc(CP=O)cc4)ncc3C(F)(F)F)c2C1=O. The number of rotatable bonds is 10. The molecule has 0 unspecified atom stereocenters. The molecule has 4 aromatic rings. The second kappa shape index (κ2) is 11.6. The fourth-order valence-corrected chi connectivity index (χ4v) is 4.92. The molecule has 2 aromatic carbocycles. The Morgan fingerprint density at radius 3 is 2.59 bits per heavy atom. The number of carbonyl (C=O) groups excluding carboxylic acids is 1. The van der Waals surface area contributed by atoms with Crippen molar-refractivity contribution in [3.05, 3.63) is 77.2 Å². The van der Waals surface area contributed by atoms with Crippen molar-refractivity contribution in [3.63, 3.8) is 0 Å². The molecule has 1 aliphatic rings. The smallest absolute Gasteiger partial charge is 0.396 e. The first-order chi connectivity index (χ1) is 19.7. The van der Waals surface area contributed by atoms with Gasteiger partial charge in [-0.2, -0.15) is 23.3 Å². The molecule has 0 bridgehead atoms. The van der Waals surface area contributed by atoms with Gasteiger partial charge in [-0.25, -0.2) is 4.98 Å². The molecule has 10 nitrogen and oxygen atoms in total. The van der Waals surface area contributed by atoms with Crippen molar-refractivity contribution in [3.8, 4) is 11.1 Å². The summed E-state index contributed by atoms with van der Waals surface area (Å²) in [6, 6.07) is 10.1. The third-order valence-electron chi connectivity index (χ3n) is 6.56. The monoisotopic (exact) mass is 583 g/mol. The van der Waals surface area contributed by atoms with Crippen molar-refractivity contribution in [1.29, 1.82) is 0 Å². The predicted molar refractivity (Wildman–Crippen MR) is 147 cm³/mol. The second-order valence-corrected chi connectivity index (χ2v) is 10.0. The number of amides is 1. The van der Waals surface area contributed by atoms with E-state index in [2.05, 4.69) is 25.7 Å². The predicted octanol–water partition coefficient (Wildman–Crippen LogP) is 5.61. The van der Waals surface area contributed by atoms with Crippen LogP contribution in [-0.4, -0.2) is 49.3 Å². The van der Waals surface area contributed by atoms with Crippen LogP contribution < -0.4 is 10.6 Å². The molecular weight excluding hydrogens is 558 g/mol. The highest BCUT2D eigenvalue weighted by atomic mass is 31.1. The van der Waals surface area contributed by atoms with Gasteiger partial charge in [0.25, 0.3) is 5.91 Å². The number of aliphatic hydroxyl groups excluding tert-OH is 1. The highest BCUT2D eigenvalue weighted by molar-refractivity contribution is 7.22. The van der Waals surface area contributed by atoms with Gasteiger partial charge in [-0.15, -0.1) is 0 Å². The number of halogens is 3. The number of benzene rings is 2. The Morgan fingerprint density at radius 1 is 1.10 bits per heavy atom. The lowest BCUT2D eigenvalue weighted by atomic mass is 9.97. The van der Waals surface area contributed by atoms with Gasteiger partial charge in [-0.3, -0.25) is 14.0 Å². The Morgan fingerprint density at radius 2 is 1.88 bits per heavy atom. The van der Waals surface area contributed by atoms with Crippen LogP contribution in [0.15, 0.2) is 55.0 Å². The Bertz CT molecular complexity index is 1590. The summed E-state index contributed by atoms with van der Waals surface area (Å²) in [5.41, 5.74) is 2.84. The number of hydrogen-bond donors (Lipinski definition) is 3. The van der Waals surface area contributed by atoms with E-state index >= 15 is 0 Å². The number of aryl methyl sites for hydroxylation is 1. The van der Waals surface area contributed by atoms with Crippen LogP contribution in [0.3, 0.4) is 0 Å². The maximum Gasteiger partial charge on any atom is 0.421 e. The summed E-state index contributed by atoms with van der Waals surface area (Å²) in [6.07, 6.45) is 0.262. The summed E-state index contributed by atoms with van der Waals surface area (Å²) in [6.45, 7) is 0.815. The molecule has 1 amide bonds. The quantitative estimate of drug-likeness (QED) is 0.206. The number of anilines is 4. The average Bonchev–Trinajstić information content (AvgIpc) is 3.53. The van der Waals surface area contributed by atoms with Gasteiger partial charge in [0.05, 0.1) is 23.6 Å². The third kappa shape index (κ3) is 6.06. The van der Waals surface area contributed by atoms with Crippen LogP contribution in [0.5, 0.6) is 0 Å². The van der Waals surface area contributed by atoms with Crippen molar-refractivity contribution in [2.45, 2.75) is 31.8 Å². The van der Waals surface area contributed by atoms with Gasteiger partial charge < -0.3 is 20.6 Å². The molecule has 14 heteroatoms. The molecule has 5 rings (SSSR count). The molecule has 1 aliphatic heterocycles. The highest BCUT2D eigenvalue weighted by Gasteiger charge is 2.37. The number of aliphatic hydroxyl groups is 1. The van der Waals surface area contributed by atoms with Gasteiger partial charge in [0, 0.05) is 50.4 Å². The van der Waals surface area contributed by atoms with Gasteiger partial charge >= 0.3 is 6.18 Å². The molecule has 0 radical (unpaired) electrons. The maximum absolute atomic E-state index is 13.9. The molecular formula is C27H25F3N7O3P. The van der Waals surface area contributed by atoms with Crippen LogP contribution in [0.2, 0.25) is 0 Å². The van der Waals surface area contributed by atoms with Crippen molar-refractivity contribution < 1.29 is 27.6 Å². The van der Waals surface area contributed by atoms with E-state index in [4.69, 9.17) is 5.11 Å². The lowest BCUT2D eigenvalue weighted by molar-refractivity contribution is -0.137. The Balaban J connectivity index is 1.50. The first-order valence-corrected chi connectivity index (χ1v) is 13.6. The number of alkyl halides is 3. The third-order valence-corrected chi connectivity index (χ3v) is 7.06. The van der Waals surface area contributed by atoms with E-state index in [9.17, 15) is 22.5 Å². The van der Waals surface area contributed by atoms with Crippen LogP contribution in [0.4, 0.5) is 36.3 Å². The van der Waals surface area contributed by atoms with E-state index in [0.717, 1.165) is 16.7 Å². The fourth-order valence-electron chi connectivity index (χ4n) is 4.56. The van der Waals surface area contributed by atoms with Gasteiger partial charge in [0.15, 0.2) is 8.46 Å². The van der Waals surface area contributed by atoms with Gasteiger partial charge in [-0.1, -0.05) is 18.2 Å². The van der Waals surface area contributed by atoms with E-state index < -0.39 is 17.6 Å². The van der Waals surface area contributed by atoms with E-state index in [1.807, 2.05) is 0 Å². The molecule has 3 heterocycles. The van der Waals surface area contributed by atoms with Crippen LogP contribution in [-0.2, 0) is 30.0 Å². The minimum Gasteiger partial charge on any atom is -0.396 e. The summed E-state index contributed by atoms with van der Waals surface area (Å²) in [7, 11) is 1.60. The van der Waals surface area contributed by atoms with Crippen molar-refractivity contribution >= 4 is 37.5 Å². The first kappa shape index (κ1) is 28.2. The van der Waals surface area contributed by atoms with Crippen LogP contribution in [0, 0.1) is 0 Å². The number of hydrogen-bond acceptors (Lipinski definition) is 8. The van der Waals surface area contributed by atoms with E-state index in [1.165, 1.54) is 4.90 Å². The normalized spacial score (nSPS) is 13.1. The lowest BCUT2D eigenvalue weighted by Crippen LogP contribution is -2.18. The number of carbonyl (C=O) groups is 1. The Hall–Kier alpha value is -4.35. The van der Waals surface area contributed by atoms with Crippen molar-refractivity contribution in [2.75, 3.05) is 24.3 Å². The second-order valence-electron chi connectivity index (χ2n) is 9.43. The molecule has 3 N–H and O–H groups in total. The molecule has 212 valence electrons. The molecule has 0 fully saturated rings. The highest BCUT2D eigenvalue weighted by Crippen LogP contribution is 2.40. The van der Waals surface area contributed by atoms with Crippen LogP contribution in [0.1, 0.15) is 33.5 Å². The Kier molecular flexibility index (Phi) is 8.00. The fraction of sp³-hybridized carbons (Fsp3) is 0.259. The number of fused-ring (bicyclic) bond motifs is 1. The first-order valence-electron chi connectivity index (χ1n) is 12.6. The zero-order valence-corrected chi connectivity index (χ0v) is 22.7. The van der Waals surface area contributed by atoms with Crippen molar-refractivity contribution in [2.24, 2.45) is 0 Å². The molecule has 0 atom stereocenters. The van der Waals surface area contributed by atoms with Gasteiger partial charge in [0.2, 0.25) is 5.95 Å². The molecule has 0 aliphatic carbocycles. The van der Waals surface area contributed by atoms with Crippen LogP contribution in [0.25, 0.3) is 11.1 Å². The summed E-state index contributed by atoms with van der Waals surface area (Å²) in [4.78, 5) is 22.6. The largest absolute Gasteiger partial charge is 0.421 e. The summed E-state index contributed by atoms with van der Waals surface area (Å²) < 4.78 is 54.3.